The minimum atomic E-state index is -1.23. The fraction of sp³-hybridized carbons (Fsp3) is 0.455. The van der Waals surface area contributed by atoms with E-state index in [1.54, 1.807) is 7.11 Å². The third-order valence-electron chi connectivity index (χ3n) is 2.15. The number of rotatable bonds is 6. The van der Waals surface area contributed by atoms with Gasteiger partial charge in [0.1, 0.15) is 5.82 Å². The van der Waals surface area contributed by atoms with Gasteiger partial charge in [0, 0.05) is 25.2 Å². The van der Waals surface area contributed by atoms with Crippen molar-refractivity contribution >= 4 is 16.5 Å². The average molecular weight is 245 g/mol. The van der Waals surface area contributed by atoms with E-state index in [2.05, 4.69) is 0 Å². The first kappa shape index (κ1) is 13.1. The number of methoxy groups -OCH3 is 1. The zero-order valence-electron chi connectivity index (χ0n) is 9.24. The molecule has 16 heavy (non-hydrogen) atoms. The monoisotopic (exact) mass is 245 g/mol. The lowest BCUT2D eigenvalue weighted by Crippen LogP contribution is -2.03. The van der Waals surface area contributed by atoms with Crippen LogP contribution in [-0.4, -0.2) is 23.7 Å². The van der Waals surface area contributed by atoms with Crippen LogP contribution in [0.1, 0.15) is 12.8 Å². The smallest absolute Gasteiger partial charge is 0.124 e. The van der Waals surface area contributed by atoms with Crippen LogP contribution in [-0.2, 0) is 15.5 Å². The summed E-state index contributed by atoms with van der Waals surface area (Å²) in [5.74, 6) is 0.0752. The molecule has 90 valence electrons. The molecule has 1 rings (SSSR count). The quantitative estimate of drug-likeness (QED) is 0.615. The minimum absolute atomic E-state index is 0.381. The Morgan fingerprint density at radius 1 is 1.44 bits per heavy atom. The Morgan fingerprint density at radius 2 is 2.19 bits per heavy atom. The number of ether oxygens (including phenoxy) is 1. The summed E-state index contributed by atoms with van der Waals surface area (Å²) in [5.41, 5.74) is 6.02. The second-order valence-electron chi connectivity index (χ2n) is 3.43. The van der Waals surface area contributed by atoms with Crippen molar-refractivity contribution in [2.75, 3.05) is 25.2 Å². The van der Waals surface area contributed by atoms with Crippen molar-refractivity contribution in [2.45, 2.75) is 17.7 Å². The predicted octanol–water partition coefficient (Wildman–Crippen LogP) is 1.94. The molecule has 1 unspecified atom stereocenters. The average Bonchev–Trinajstić information content (AvgIpc) is 2.27. The molecular formula is C11H16FNO2S. The molecule has 1 aromatic rings. The number of hydrogen-bond donors (Lipinski definition) is 1. The van der Waals surface area contributed by atoms with Crippen molar-refractivity contribution < 1.29 is 13.3 Å². The van der Waals surface area contributed by atoms with Gasteiger partial charge in [-0.1, -0.05) is 0 Å². The number of hydrogen-bond acceptors (Lipinski definition) is 3. The van der Waals surface area contributed by atoms with Gasteiger partial charge < -0.3 is 10.5 Å². The lowest BCUT2D eigenvalue weighted by molar-refractivity contribution is 0.194. The van der Waals surface area contributed by atoms with E-state index in [9.17, 15) is 8.60 Å². The third-order valence-corrected chi connectivity index (χ3v) is 3.65. The molecule has 0 fully saturated rings. The number of anilines is 1. The highest BCUT2D eigenvalue weighted by atomic mass is 32.2. The molecule has 0 bridgehead atoms. The molecule has 2 N–H and O–H groups in total. The Kier molecular flexibility index (Phi) is 5.42. The lowest BCUT2D eigenvalue weighted by atomic mass is 10.3. The van der Waals surface area contributed by atoms with Gasteiger partial charge in [-0.25, -0.2) is 4.39 Å². The van der Waals surface area contributed by atoms with Gasteiger partial charge in [0.05, 0.1) is 15.7 Å². The maximum absolute atomic E-state index is 12.9. The van der Waals surface area contributed by atoms with Crippen LogP contribution in [0.15, 0.2) is 23.1 Å². The first-order valence-electron chi connectivity index (χ1n) is 5.07. The molecule has 0 aliphatic heterocycles. The molecule has 0 aliphatic rings. The maximum Gasteiger partial charge on any atom is 0.124 e. The van der Waals surface area contributed by atoms with Gasteiger partial charge in [-0.2, -0.15) is 0 Å². The molecule has 0 amide bonds. The van der Waals surface area contributed by atoms with Crippen molar-refractivity contribution in [3.05, 3.63) is 24.0 Å². The normalized spacial score (nSPS) is 12.6. The maximum atomic E-state index is 12.9. The SMILES string of the molecule is COCCCCS(=O)c1cc(F)ccc1N. The molecule has 3 nitrogen and oxygen atoms in total. The summed E-state index contributed by atoms with van der Waals surface area (Å²) in [6.07, 6.45) is 1.62. The van der Waals surface area contributed by atoms with Crippen molar-refractivity contribution in [3.63, 3.8) is 0 Å². The van der Waals surface area contributed by atoms with Crippen LogP contribution in [0.4, 0.5) is 10.1 Å². The predicted molar refractivity (Wildman–Crippen MR) is 63.2 cm³/mol. The third kappa shape index (κ3) is 3.90. The van der Waals surface area contributed by atoms with Crippen molar-refractivity contribution in [3.8, 4) is 0 Å². The van der Waals surface area contributed by atoms with Crippen LogP contribution in [0.5, 0.6) is 0 Å². The van der Waals surface area contributed by atoms with E-state index in [1.165, 1.54) is 18.2 Å². The minimum Gasteiger partial charge on any atom is -0.398 e. The van der Waals surface area contributed by atoms with Gasteiger partial charge in [0.2, 0.25) is 0 Å². The molecule has 0 heterocycles. The Morgan fingerprint density at radius 3 is 2.88 bits per heavy atom. The molecule has 0 aliphatic carbocycles. The first-order valence-corrected chi connectivity index (χ1v) is 6.39. The van der Waals surface area contributed by atoms with Crippen LogP contribution in [0.3, 0.4) is 0 Å². The fourth-order valence-corrected chi connectivity index (χ4v) is 2.56. The number of halogens is 1. The summed E-state index contributed by atoms with van der Waals surface area (Å²) in [4.78, 5) is 0.386. The molecule has 0 saturated carbocycles. The summed E-state index contributed by atoms with van der Waals surface area (Å²) in [7, 11) is 0.397. The molecule has 0 spiro atoms. The highest BCUT2D eigenvalue weighted by Crippen LogP contribution is 2.18. The number of nitrogens with two attached hydrogens (primary N) is 1. The molecule has 0 radical (unpaired) electrons. The number of nitrogen functional groups attached to an aromatic ring is 1. The Balaban J connectivity index is 2.55. The lowest BCUT2D eigenvalue weighted by Gasteiger charge is -2.05. The van der Waals surface area contributed by atoms with Gasteiger partial charge in [0.25, 0.3) is 0 Å². The van der Waals surface area contributed by atoms with E-state index >= 15 is 0 Å². The Bertz CT molecular complexity index is 371. The van der Waals surface area contributed by atoms with E-state index in [1.807, 2.05) is 0 Å². The molecule has 1 aromatic carbocycles. The van der Waals surface area contributed by atoms with Gasteiger partial charge in [-0.15, -0.1) is 0 Å². The topological polar surface area (TPSA) is 52.3 Å². The summed E-state index contributed by atoms with van der Waals surface area (Å²) in [5, 5.41) is 0. The van der Waals surface area contributed by atoms with E-state index in [-0.39, 0.29) is 0 Å². The van der Waals surface area contributed by atoms with Crippen molar-refractivity contribution in [1.82, 2.24) is 0 Å². The standard InChI is InChI=1S/C11H16FNO2S/c1-15-6-2-3-7-16(14)11-8-9(12)4-5-10(11)13/h4-5,8H,2-3,6-7,13H2,1H3. The zero-order valence-corrected chi connectivity index (χ0v) is 10.1. The van der Waals surface area contributed by atoms with Gasteiger partial charge in [-0.3, -0.25) is 4.21 Å². The van der Waals surface area contributed by atoms with Gasteiger partial charge >= 0.3 is 0 Å². The van der Waals surface area contributed by atoms with E-state index in [4.69, 9.17) is 10.5 Å². The van der Waals surface area contributed by atoms with Gasteiger partial charge in [-0.05, 0) is 31.0 Å². The van der Waals surface area contributed by atoms with Crippen molar-refractivity contribution in [2.24, 2.45) is 0 Å². The Hall–Kier alpha value is -0.940. The molecule has 5 heteroatoms. The highest BCUT2D eigenvalue weighted by Gasteiger charge is 2.08. The summed E-state index contributed by atoms with van der Waals surface area (Å²) in [6.45, 7) is 0.649. The second-order valence-corrected chi connectivity index (χ2v) is 4.97. The van der Waals surface area contributed by atoms with Crippen LogP contribution >= 0.6 is 0 Å². The second kappa shape index (κ2) is 6.60. The van der Waals surface area contributed by atoms with E-state index in [0.717, 1.165) is 12.8 Å². The van der Waals surface area contributed by atoms with Crippen LogP contribution < -0.4 is 5.73 Å². The molecular weight excluding hydrogens is 229 g/mol. The molecule has 1 atom stereocenters. The van der Waals surface area contributed by atoms with Crippen LogP contribution in [0, 0.1) is 5.82 Å². The largest absolute Gasteiger partial charge is 0.398 e. The van der Waals surface area contributed by atoms with E-state index in [0.29, 0.717) is 22.9 Å². The Labute approximate surface area is 97.2 Å². The molecule has 0 saturated heterocycles. The van der Waals surface area contributed by atoms with Crippen LogP contribution in [0.25, 0.3) is 0 Å². The summed E-state index contributed by atoms with van der Waals surface area (Å²) in [6, 6.07) is 3.94. The summed E-state index contributed by atoms with van der Waals surface area (Å²) < 4.78 is 29.6. The first-order chi connectivity index (χ1) is 7.65. The fourth-order valence-electron chi connectivity index (χ4n) is 1.29. The summed E-state index contributed by atoms with van der Waals surface area (Å²) >= 11 is 0. The van der Waals surface area contributed by atoms with E-state index < -0.39 is 16.6 Å². The zero-order chi connectivity index (χ0) is 12.0. The van der Waals surface area contributed by atoms with Crippen molar-refractivity contribution in [1.29, 1.82) is 0 Å². The highest BCUT2D eigenvalue weighted by molar-refractivity contribution is 7.85. The molecule has 0 aromatic heterocycles. The number of benzene rings is 1. The number of unbranched alkanes of at least 4 members (excludes halogenated alkanes) is 1. The van der Waals surface area contributed by atoms with Gasteiger partial charge in [0.15, 0.2) is 0 Å². The van der Waals surface area contributed by atoms with Crippen LogP contribution in [0.2, 0.25) is 0 Å².